The number of para-hydroxylation sites is 2. The van der Waals surface area contributed by atoms with Crippen LogP contribution in [-0.2, 0) is 17.2 Å². The first-order valence-corrected chi connectivity index (χ1v) is 6.15. The average molecular weight is 251 g/mol. The van der Waals surface area contributed by atoms with Gasteiger partial charge in [0.25, 0.3) is 0 Å². The smallest absolute Gasteiger partial charge is 0.243 e. The van der Waals surface area contributed by atoms with Crippen molar-refractivity contribution in [1.82, 2.24) is 19.2 Å². The minimum Gasteiger partial charge on any atom is -0.742 e. The molecule has 0 saturated carbocycles. The predicted octanol–water partition coefficient (Wildman–Crippen LogP) is 0.125. The van der Waals surface area contributed by atoms with E-state index >= 15 is 0 Å². The summed E-state index contributed by atoms with van der Waals surface area (Å²) >= 11 is 0. The van der Waals surface area contributed by atoms with E-state index in [0.717, 1.165) is 5.52 Å². The van der Waals surface area contributed by atoms with Crippen LogP contribution in [0.15, 0.2) is 29.4 Å². The number of benzene rings is 1. The number of aromatic nitrogens is 4. The molecule has 0 saturated heterocycles. The number of hydrogen-bond acceptors (Lipinski definition) is 5. The normalized spacial score (nSPS) is 12.6. The fourth-order valence-corrected chi connectivity index (χ4v) is 2.44. The van der Waals surface area contributed by atoms with E-state index in [1.54, 1.807) is 23.7 Å². The van der Waals surface area contributed by atoms with Crippen molar-refractivity contribution in [2.24, 2.45) is 7.05 Å². The van der Waals surface area contributed by atoms with E-state index in [0.29, 0.717) is 11.3 Å². The molecule has 0 aliphatic heterocycles. The van der Waals surface area contributed by atoms with Crippen LogP contribution >= 0.6 is 0 Å². The van der Waals surface area contributed by atoms with Crippen molar-refractivity contribution < 1.29 is 13.0 Å². The van der Waals surface area contributed by atoms with Gasteiger partial charge in [-0.2, -0.15) is 0 Å². The van der Waals surface area contributed by atoms with Gasteiger partial charge in [0.15, 0.2) is 10.1 Å². The Hall–Kier alpha value is -1.93. The average Bonchev–Trinajstić information content (AvgIpc) is 2.80. The highest BCUT2D eigenvalue weighted by atomic mass is 32.2. The molecule has 7 nitrogen and oxygen atoms in total. The third-order valence-electron chi connectivity index (χ3n) is 2.62. The first kappa shape index (κ1) is 10.2. The Morgan fingerprint density at radius 1 is 1.18 bits per heavy atom. The molecule has 0 aliphatic rings. The SMILES string of the molecule is Cn1c2ccccc2n2c(S(=O)(=O)[O-])nnc12. The van der Waals surface area contributed by atoms with E-state index in [2.05, 4.69) is 10.2 Å². The van der Waals surface area contributed by atoms with E-state index in [-0.39, 0.29) is 0 Å². The van der Waals surface area contributed by atoms with Gasteiger partial charge in [-0.05, 0) is 12.1 Å². The fraction of sp³-hybridized carbons (Fsp3) is 0.111. The summed E-state index contributed by atoms with van der Waals surface area (Å²) in [5, 5.41) is 6.57. The number of rotatable bonds is 1. The molecule has 0 fully saturated rings. The lowest BCUT2D eigenvalue weighted by molar-refractivity contribution is 0.454. The van der Waals surface area contributed by atoms with Gasteiger partial charge >= 0.3 is 0 Å². The number of nitrogens with zero attached hydrogens (tertiary/aromatic N) is 4. The zero-order valence-corrected chi connectivity index (χ0v) is 9.55. The van der Waals surface area contributed by atoms with Crippen LogP contribution < -0.4 is 0 Å². The molecule has 0 unspecified atom stereocenters. The molecule has 17 heavy (non-hydrogen) atoms. The van der Waals surface area contributed by atoms with Gasteiger partial charge in [0.1, 0.15) is 0 Å². The Labute approximate surface area is 96.1 Å². The summed E-state index contributed by atoms with van der Waals surface area (Å²) in [4.78, 5) is 0. The molecule has 3 rings (SSSR count). The molecule has 2 heterocycles. The lowest BCUT2D eigenvalue weighted by atomic mass is 10.3. The number of imidazole rings is 1. The van der Waals surface area contributed by atoms with Crippen molar-refractivity contribution in [3.63, 3.8) is 0 Å². The van der Waals surface area contributed by atoms with Crippen LogP contribution in [-0.4, -0.2) is 32.1 Å². The second-order valence-corrected chi connectivity index (χ2v) is 4.89. The highest BCUT2D eigenvalue weighted by molar-refractivity contribution is 7.85. The summed E-state index contributed by atoms with van der Waals surface area (Å²) in [6.07, 6.45) is 0. The fourth-order valence-electron chi connectivity index (χ4n) is 1.90. The maximum atomic E-state index is 11.1. The first-order valence-electron chi connectivity index (χ1n) is 4.74. The van der Waals surface area contributed by atoms with Gasteiger partial charge in [0.05, 0.1) is 11.0 Å². The van der Waals surface area contributed by atoms with E-state index < -0.39 is 15.3 Å². The second-order valence-electron chi connectivity index (χ2n) is 3.62. The second kappa shape index (κ2) is 3.05. The molecule has 0 amide bonds. The van der Waals surface area contributed by atoms with E-state index in [1.807, 2.05) is 12.1 Å². The molecule has 0 spiro atoms. The number of fused-ring (bicyclic) bond motifs is 3. The lowest BCUT2D eigenvalue weighted by Gasteiger charge is -2.02. The highest BCUT2D eigenvalue weighted by Crippen LogP contribution is 2.21. The molecule has 0 aliphatic carbocycles. The first-order chi connectivity index (χ1) is 8.00. The third-order valence-corrected chi connectivity index (χ3v) is 3.34. The van der Waals surface area contributed by atoms with Crippen molar-refractivity contribution in [2.45, 2.75) is 5.16 Å². The molecule has 0 bridgehead atoms. The molecular weight excluding hydrogens is 244 g/mol. The molecule has 1 aromatic carbocycles. The maximum absolute atomic E-state index is 11.1. The van der Waals surface area contributed by atoms with Gasteiger partial charge in [-0.15, -0.1) is 10.2 Å². The minimum atomic E-state index is -4.64. The third kappa shape index (κ3) is 1.28. The van der Waals surface area contributed by atoms with E-state index in [1.165, 1.54) is 4.40 Å². The van der Waals surface area contributed by atoms with Crippen molar-refractivity contribution in [3.05, 3.63) is 24.3 Å². The minimum absolute atomic E-state index is 0.320. The monoisotopic (exact) mass is 251 g/mol. The van der Waals surface area contributed by atoms with Crippen LogP contribution in [0.25, 0.3) is 16.8 Å². The predicted molar refractivity (Wildman–Crippen MR) is 57.4 cm³/mol. The lowest BCUT2D eigenvalue weighted by Crippen LogP contribution is -2.04. The zero-order valence-electron chi connectivity index (χ0n) is 8.73. The Bertz CT molecular complexity index is 831. The van der Waals surface area contributed by atoms with Crippen LogP contribution in [0.4, 0.5) is 0 Å². The van der Waals surface area contributed by atoms with Crippen LogP contribution in [0.2, 0.25) is 0 Å². The Morgan fingerprint density at radius 3 is 2.47 bits per heavy atom. The van der Waals surface area contributed by atoms with E-state index in [9.17, 15) is 13.0 Å². The summed E-state index contributed by atoms with van der Waals surface area (Å²) in [5.41, 5.74) is 1.37. The van der Waals surface area contributed by atoms with Gasteiger partial charge in [-0.1, -0.05) is 12.1 Å². The summed E-state index contributed by atoms with van der Waals surface area (Å²) in [6.45, 7) is 0. The highest BCUT2D eigenvalue weighted by Gasteiger charge is 2.17. The van der Waals surface area contributed by atoms with Gasteiger partial charge in [0.2, 0.25) is 10.9 Å². The molecule has 0 atom stereocenters. The standard InChI is InChI=1S/C9H8N4O3S/c1-12-6-4-2-3-5-7(6)13-8(12)10-11-9(13)17(14,15)16/h2-5H,1H3,(H,14,15,16)/p-1. The van der Waals surface area contributed by atoms with Crippen LogP contribution in [0.3, 0.4) is 0 Å². The topological polar surface area (TPSA) is 92.3 Å². The number of aryl methyl sites for hydroxylation is 1. The summed E-state index contributed by atoms with van der Waals surface area (Å²) in [6, 6.07) is 7.09. The zero-order chi connectivity index (χ0) is 12.2. The Kier molecular flexibility index (Phi) is 1.84. The Morgan fingerprint density at radius 2 is 1.82 bits per heavy atom. The summed E-state index contributed by atoms with van der Waals surface area (Å²) in [7, 11) is -2.91. The quantitative estimate of drug-likeness (QED) is 0.573. The molecule has 3 aromatic rings. The summed E-state index contributed by atoms with van der Waals surface area (Å²) < 4.78 is 36.1. The van der Waals surface area contributed by atoms with Crippen molar-refractivity contribution in [1.29, 1.82) is 0 Å². The summed E-state index contributed by atoms with van der Waals surface area (Å²) in [5.74, 6) is 0.320. The Balaban J connectivity index is 2.63. The van der Waals surface area contributed by atoms with Crippen LogP contribution in [0, 0.1) is 0 Å². The molecule has 0 N–H and O–H groups in total. The van der Waals surface area contributed by atoms with Gasteiger partial charge in [-0.25, -0.2) is 8.42 Å². The largest absolute Gasteiger partial charge is 0.742 e. The van der Waals surface area contributed by atoms with E-state index in [4.69, 9.17) is 0 Å². The van der Waals surface area contributed by atoms with Gasteiger partial charge in [-0.3, -0.25) is 4.40 Å². The molecule has 2 aromatic heterocycles. The van der Waals surface area contributed by atoms with Crippen molar-refractivity contribution >= 4 is 26.9 Å². The maximum Gasteiger partial charge on any atom is 0.243 e. The van der Waals surface area contributed by atoms with Gasteiger partial charge in [0, 0.05) is 7.05 Å². The molecular formula is C9H7N4O3S-. The molecule has 0 radical (unpaired) electrons. The molecule has 8 heteroatoms. The van der Waals surface area contributed by atoms with Crippen LogP contribution in [0.1, 0.15) is 0 Å². The van der Waals surface area contributed by atoms with Gasteiger partial charge < -0.3 is 9.12 Å². The van der Waals surface area contributed by atoms with Crippen molar-refractivity contribution in [2.75, 3.05) is 0 Å². The number of hydrogen-bond donors (Lipinski definition) is 0. The van der Waals surface area contributed by atoms with Crippen molar-refractivity contribution in [3.8, 4) is 0 Å². The molecule has 88 valence electrons. The van der Waals surface area contributed by atoms with Crippen LogP contribution in [0.5, 0.6) is 0 Å².